The molecule has 0 atom stereocenters. The molecule has 0 radical (unpaired) electrons. The first kappa shape index (κ1) is 6.60. The summed E-state index contributed by atoms with van der Waals surface area (Å²) < 4.78 is 0. The van der Waals surface area contributed by atoms with Crippen molar-refractivity contribution in [1.29, 1.82) is 0 Å². The minimum atomic E-state index is 1.24. The van der Waals surface area contributed by atoms with Crippen molar-refractivity contribution in [1.82, 2.24) is 0 Å². The highest BCUT2D eigenvalue weighted by Crippen LogP contribution is 2.22. The van der Waals surface area contributed by atoms with Crippen molar-refractivity contribution in [3.63, 3.8) is 0 Å². The lowest BCUT2D eigenvalue weighted by atomic mass is 10.1. The highest BCUT2D eigenvalue weighted by atomic mass is 14.1. The molecule has 0 N–H and O–H groups in total. The molecule has 0 fully saturated rings. The molecule has 1 aliphatic carbocycles. The monoisotopic (exact) mass is 122 g/mol. The van der Waals surface area contributed by atoms with Crippen LogP contribution in [0.3, 0.4) is 0 Å². The molecule has 0 heteroatoms. The molecule has 0 saturated heterocycles. The third kappa shape index (κ3) is 2.50. The standard InChI is InChI=1S/C9H14/c1-3-4-8(2)7-9-5-6-9/h5,7H,3-4,6H2,1-2H3. The predicted molar refractivity (Wildman–Crippen MR) is 41.4 cm³/mol. The fourth-order valence-corrected chi connectivity index (χ4v) is 0.960. The van der Waals surface area contributed by atoms with Crippen LogP contribution in [0.4, 0.5) is 0 Å². The second kappa shape index (κ2) is 2.86. The molecule has 0 amide bonds. The van der Waals surface area contributed by atoms with Crippen LogP contribution in [0.15, 0.2) is 23.3 Å². The Bertz CT molecular complexity index is 149. The molecule has 1 aliphatic rings. The van der Waals surface area contributed by atoms with Crippen molar-refractivity contribution in [3.8, 4) is 0 Å². The van der Waals surface area contributed by atoms with Crippen LogP contribution < -0.4 is 0 Å². The van der Waals surface area contributed by atoms with Crippen LogP contribution in [0.25, 0.3) is 0 Å². The largest absolute Gasteiger partial charge is 0.0766 e. The zero-order valence-corrected chi connectivity index (χ0v) is 6.28. The van der Waals surface area contributed by atoms with Gasteiger partial charge in [-0.25, -0.2) is 0 Å². The lowest BCUT2D eigenvalue weighted by Gasteiger charge is -1.92. The second-order valence-electron chi connectivity index (χ2n) is 2.72. The van der Waals surface area contributed by atoms with Gasteiger partial charge in [-0.3, -0.25) is 0 Å². The minimum Gasteiger partial charge on any atom is -0.0766 e. The molecule has 50 valence electrons. The Kier molecular flexibility index (Phi) is 2.10. The normalized spacial score (nSPS) is 17.6. The van der Waals surface area contributed by atoms with Crippen molar-refractivity contribution in [2.75, 3.05) is 0 Å². The van der Waals surface area contributed by atoms with Gasteiger partial charge in [0.15, 0.2) is 0 Å². The van der Waals surface area contributed by atoms with E-state index in [9.17, 15) is 0 Å². The maximum Gasteiger partial charge on any atom is -0.00946 e. The van der Waals surface area contributed by atoms with E-state index in [1.807, 2.05) is 0 Å². The van der Waals surface area contributed by atoms with Gasteiger partial charge in [-0.05, 0) is 25.3 Å². The summed E-state index contributed by atoms with van der Waals surface area (Å²) in [4.78, 5) is 0. The van der Waals surface area contributed by atoms with Crippen molar-refractivity contribution in [2.45, 2.75) is 33.1 Å². The van der Waals surface area contributed by atoms with Gasteiger partial charge in [-0.1, -0.05) is 31.1 Å². The summed E-state index contributed by atoms with van der Waals surface area (Å²) in [6, 6.07) is 0. The van der Waals surface area contributed by atoms with Crippen LogP contribution in [0.5, 0.6) is 0 Å². The fourth-order valence-electron chi connectivity index (χ4n) is 0.960. The molecule has 0 unspecified atom stereocenters. The zero-order chi connectivity index (χ0) is 6.69. The van der Waals surface area contributed by atoms with Crippen LogP contribution in [0, 0.1) is 0 Å². The summed E-state index contributed by atoms with van der Waals surface area (Å²) in [5.41, 5.74) is 3.06. The average molecular weight is 122 g/mol. The summed E-state index contributed by atoms with van der Waals surface area (Å²) in [7, 11) is 0. The number of rotatable bonds is 3. The molecule has 1 rings (SSSR count). The van der Waals surface area contributed by atoms with E-state index in [0.29, 0.717) is 0 Å². The summed E-state index contributed by atoms with van der Waals surface area (Å²) >= 11 is 0. The van der Waals surface area contributed by atoms with Gasteiger partial charge in [0.25, 0.3) is 0 Å². The molecular weight excluding hydrogens is 108 g/mol. The van der Waals surface area contributed by atoms with Crippen molar-refractivity contribution in [2.24, 2.45) is 0 Å². The Labute approximate surface area is 57.3 Å². The first-order valence-corrected chi connectivity index (χ1v) is 3.69. The van der Waals surface area contributed by atoms with E-state index in [4.69, 9.17) is 0 Å². The van der Waals surface area contributed by atoms with Crippen molar-refractivity contribution < 1.29 is 0 Å². The summed E-state index contributed by atoms with van der Waals surface area (Å²) in [5, 5.41) is 0. The molecule has 0 heterocycles. The molecule has 0 aromatic carbocycles. The third-order valence-corrected chi connectivity index (χ3v) is 1.52. The van der Waals surface area contributed by atoms with Gasteiger partial charge in [0.1, 0.15) is 0 Å². The maximum absolute atomic E-state index is 2.31. The summed E-state index contributed by atoms with van der Waals surface area (Å²) in [6.07, 6.45) is 8.34. The van der Waals surface area contributed by atoms with Gasteiger partial charge in [-0.2, -0.15) is 0 Å². The Hall–Kier alpha value is -0.520. The number of hydrogen-bond donors (Lipinski definition) is 0. The van der Waals surface area contributed by atoms with Crippen LogP contribution in [-0.4, -0.2) is 0 Å². The smallest absolute Gasteiger partial charge is 0.00946 e. The Morgan fingerprint density at radius 2 is 2.44 bits per heavy atom. The lowest BCUT2D eigenvalue weighted by Crippen LogP contribution is -1.72. The van der Waals surface area contributed by atoms with Crippen LogP contribution in [0.1, 0.15) is 33.1 Å². The third-order valence-electron chi connectivity index (χ3n) is 1.52. The molecule has 0 saturated carbocycles. The SMILES string of the molecule is CCCC(C)=CC1=CC1. The van der Waals surface area contributed by atoms with E-state index >= 15 is 0 Å². The number of hydrogen-bond acceptors (Lipinski definition) is 0. The quantitative estimate of drug-likeness (QED) is 0.539. The molecule has 0 nitrogen and oxygen atoms in total. The molecule has 9 heavy (non-hydrogen) atoms. The topological polar surface area (TPSA) is 0 Å². The van der Waals surface area contributed by atoms with Gasteiger partial charge in [-0.15, -0.1) is 0 Å². The molecule has 0 aromatic rings. The van der Waals surface area contributed by atoms with E-state index in [-0.39, 0.29) is 0 Å². The van der Waals surface area contributed by atoms with Gasteiger partial charge >= 0.3 is 0 Å². The summed E-state index contributed by atoms with van der Waals surface area (Å²) in [6.45, 7) is 4.43. The first-order chi connectivity index (χ1) is 4.33. The average Bonchev–Trinajstić information content (AvgIpc) is 2.50. The van der Waals surface area contributed by atoms with Gasteiger partial charge in [0.05, 0.1) is 0 Å². The van der Waals surface area contributed by atoms with Gasteiger partial charge < -0.3 is 0 Å². The van der Waals surface area contributed by atoms with Crippen LogP contribution in [-0.2, 0) is 0 Å². The highest BCUT2D eigenvalue weighted by Gasteiger charge is 2.02. The van der Waals surface area contributed by atoms with Crippen molar-refractivity contribution >= 4 is 0 Å². The molecule has 0 aliphatic heterocycles. The predicted octanol–water partition coefficient (Wildman–Crippen LogP) is 3.06. The maximum atomic E-state index is 2.31. The van der Waals surface area contributed by atoms with E-state index in [1.165, 1.54) is 30.4 Å². The Morgan fingerprint density at radius 3 is 2.89 bits per heavy atom. The zero-order valence-electron chi connectivity index (χ0n) is 6.28. The lowest BCUT2D eigenvalue weighted by molar-refractivity contribution is 0.905. The van der Waals surface area contributed by atoms with E-state index < -0.39 is 0 Å². The molecule has 0 aromatic heterocycles. The molecule has 0 bridgehead atoms. The minimum absolute atomic E-state index is 1.24. The van der Waals surface area contributed by atoms with Gasteiger partial charge in [0.2, 0.25) is 0 Å². The van der Waals surface area contributed by atoms with E-state index in [1.54, 1.807) is 0 Å². The molecule has 0 spiro atoms. The van der Waals surface area contributed by atoms with Gasteiger partial charge in [0, 0.05) is 0 Å². The van der Waals surface area contributed by atoms with Crippen LogP contribution in [0.2, 0.25) is 0 Å². The van der Waals surface area contributed by atoms with Crippen LogP contribution >= 0.6 is 0 Å². The highest BCUT2D eigenvalue weighted by molar-refractivity contribution is 5.35. The van der Waals surface area contributed by atoms with Crippen molar-refractivity contribution in [3.05, 3.63) is 23.3 Å². The number of allylic oxidation sites excluding steroid dienone is 4. The van der Waals surface area contributed by atoms with E-state index in [2.05, 4.69) is 26.0 Å². The first-order valence-electron chi connectivity index (χ1n) is 3.69. The summed E-state index contributed by atoms with van der Waals surface area (Å²) in [5.74, 6) is 0. The second-order valence-corrected chi connectivity index (χ2v) is 2.72. The Balaban J connectivity index is 2.29. The fraction of sp³-hybridized carbons (Fsp3) is 0.556. The Morgan fingerprint density at radius 1 is 1.78 bits per heavy atom. The molecular formula is C9H14. The van der Waals surface area contributed by atoms with E-state index in [0.717, 1.165) is 0 Å².